The highest BCUT2D eigenvalue weighted by Gasteiger charge is 2.20. The Hall–Kier alpha value is -0.845. The summed E-state index contributed by atoms with van der Waals surface area (Å²) in [6, 6.07) is 0.694. The first-order valence-corrected chi connectivity index (χ1v) is 5.78. The summed E-state index contributed by atoms with van der Waals surface area (Å²) in [7, 11) is -6.00. The molecule has 17 heavy (non-hydrogen) atoms. The van der Waals surface area contributed by atoms with E-state index in [9.17, 15) is 17.3 Å². The summed E-state index contributed by atoms with van der Waals surface area (Å²) >= 11 is 0. The van der Waals surface area contributed by atoms with Crippen LogP contribution in [0.4, 0.5) is 17.3 Å². The first-order valence-electron chi connectivity index (χ1n) is 5.78. The van der Waals surface area contributed by atoms with Crippen molar-refractivity contribution in [3.05, 3.63) is 12.4 Å². The lowest BCUT2D eigenvalue weighted by molar-refractivity contribution is -0.766. The molecule has 0 fully saturated rings. The minimum atomic E-state index is -6.00. The van der Waals surface area contributed by atoms with Crippen molar-refractivity contribution in [1.29, 1.82) is 0 Å². The molecule has 0 aromatic rings. The van der Waals surface area contributed by atoms with Gasteiger partial charge in [-0.25, -0.2) is 4.99 Å². The van der Waals surface area contributed by atoms with Crippen LogP contribution in [0.1, 0.15) is 39.5 Å². The number of nitrogens with one attached hydrogen (secondary N) is 1. The van der Waals surface area contributed by atoms with Crippen LogP contribution in [0.25, 0.3) is 0 Å². The monoisotopic (exact) mass is 254 g/mol. The molecule has 0 aromatic carbocycles. The van der Waals surface area contributed by atoms with Gasteiger partial charge in [0.2, 0.25) is 0 Å². The molecule has 0 spiro atoms. The zero-order chi connectivity index (χ0) is 13.3. The summed E-state index contributed by atoms with van der Waals surface area (Å²) < 4.78 is 39.0. The third-order valence-corrected chi connectivity index (χ3v) is 2.39. The molecule has 2 nitrogen and oxygen atoms in total. The van der Waals surface area contributed by atoms with E-state index < -0.39 is 7.25 Å². The molecule has 1 heterocycles. The zero-order valence-electron chi connectivity index (χ0n) is 10.2. The van der Waals surface area contributed by atoms with E-state index in [-0.39, 0.29) is 0 Å². The highest BCUT2D eigenvalue weighted by molar-refractivity contribution is 6.50. The van der Waals surface area contributed by atoms with Crippen LogP contribution in [-0.2, 0) is 0 Å². The highest BCUT2D eigenvalue weighted by Crippen LogP contribution is 2.06. The van der Waals surface area contributed by atoms with Crippen LogP contribution >= 0.6 is 0 Å². The van der Waals surface area contributed by atoms with Crippen LogP contribution in [0.2, 0.25) is 0 Å². The Kier molecular flexibility index (Phi) is 7.86. The number of halogens is 4. The summed E-state index contributed by atoms with van der Waals surface area (Å²) in [5.74, 6) is 0. The van der Waals surface area contributed by atoms with Crippen LogP contribution in [0.15, 0.2) is 17.4 Å². The van der Waals surface area contributed by atoms with E-state index in [4.69, 9.17) is 0 Å². The smallest absolute Gasteiger partial charge is 0.418 e. The molecule has 1 aliphatic rings. The van der Waals surface area contributed by atoms with Crippen LogP contribution in [-0.4, -0.2) is 19.6 Å². The fourth-order valence-electron chi connectivity index (χ4n) is 1.46. The van der Waals surface area contributed by atoms with Crippen molar-refractivity contribution in [1.82, 2.24) is 0 Å². The lowest BCUT2D eigenvalue weighted by Crippen LogP contribution is -3.09. The Morgan fingerprint density at radius 1 is 1.24 bits per heavy atom. The summed E-state index contributed by atoms with van der Waals surface area (Å²) in [4.78, 5) is 5.47. The maximum atomic E-state index is 9.75. The second-order valence-corrected chi connectivity index (χ2v) is 3.99. The molecule has 1 rings (SSSR count). The number of nitrogens with zero attached hydrogens (tertiary/aromatic N) is 1. The Morgan fingerprint density at radius 2 is 1.82 bits per heavy atom. The van der Waals surface area contributed by atoms with Gasteiger partial charge in [-0.2, -0.15) is 0 Å². The third-order valence-electron chi connectivity index (χ3n) is 2.39. The van der Waals surface area contributed by atoms with Gasteiger partial charge in [0.05, 0.1) is 12.2 Å². The molecule has 0 aromatic heterocycles. The number of hydrogen-bond acceptors (Lipinski definition) is 1. The molecule has 0 aliphatic carbocycles. The van der Waals surface area contributed by atoms with Gasteiger partial charge in [0.1, 0.15) is 6.20 Å². The van der Waals surface area contributed by atoms with Gasteiger partial charge in [-0.1, -0.05) is 19.8 Å². The second kappa shape index (κ2) is 8.28. The van der Waals surface area contributed by atoms with Gasteiger partial charge in [0.25, 0.3) is 0 Å². The van der Waals surface area contributed by atoms with E-state index in [1.165, 1.54) is 30.6 Å². The van der Waals surface area contributed by atoms with Gasteiger partial charge in [-0.15, -0.1) is 0 Å². The number of aliphatic imine (C=N–C) groups is 1. The average Bonchev–Trinajstić information content (AvgIpc) is 2.68. The highest BCUT2D eigenvalue weighted by atomic mass is 19.5. The van der Waals surface area contributed by atoms with Crippen LogP contribution < -0.4 is 4.90 Å². The summed E-state index contributed by atoms with van der Waals surface area (Å²) in [6.45, 7) is 4.53. The van der Waals surface area contributed by atoms with Crippen molar-refractivity contribution in [2.75, 3.05) is 0 Å². The van der Waals surface area contributed by atoms with Crippen molar-refractivity contribution >= 4 is 13.6 Å². The van der Waals surface area contributed by atoms with Gasteiger partial charge in [0.15, 0.2) is 6.34 Å². The normalized spacial score (nSPS) is 20.0. The Labute approximate surface area is 99.5 Å². The van der Waals surface area contributed by atoms with Gasteiger partial charge >= 0.3 is 7.25 Å². The summed E-state index contributed by atoms with van der Waals surface area (Å²) in [6.07, 6.45) is 11.3. The molecule has 2 unspecified atom stereocenters. The average molecular weight is 254 g/mol. The standard InChI is InChI=1S/C10H18N2.BF4/c1-3-4-5-6-10(2)12-8-7-11-9-12;2-1(3,4)5/h7-10H,3-6H2,1-2H3;/q;-1/p+1. The fourth-order valence-corrected chi connectivity index (χ4v) is 1.46. The van der Waals surface area contributed by atoms with Gasteiger partial charge in [-0.3, -0.25) is 4.90 Å². The molecule has 0 amide bonds. The van der Waals surface area contributed by atoms with E-state index in [0.717, 1.165) is 0 Å². The van der Waals surface area contributed by atoms with Gasteiger partial charge < -0.3 is 17.3 Å². The third kappa shape index (κ3) is 11.4. The Bertz CT molecular complexity index is 235. The molecule has 7 heteroatoms. The largest absolute Gasteiger partial charge is 0.673 e. The van der Waals surface area contributed by atoms with E-state index in [2.05, 4.69) is 25.0 Å². The topological polar surface area (TPSA) is 16.8 Å². The summed E-state index contributed by atoms with van der Waals surface area (Å²) in [5, 5.41) is 0. The van der Waals surface area contributed by atoms with Crippen molar-refractivity contribution in [2.45, 2.75) is 45.6 Å². The second-order valence-electron chi connectivity index (χ2n) is 3.99. The molecule has 0 bridgehead atoms. The SMILES string of the molecule is CCCCCC(C)[NH+]1C=CN=C1.F[B-](F)(F)F. The number of hydrogen-bond donors (Lipinski definition) is 1. The molecule has 0 saturated carbocycles. The molecule has 1 aliphatic heterocycles. The minimum Gasteiger partial charge on any atom is -0.418 e. The maximum absolute atomic E-state index is 9.75. The number of unbranched alkanes of at least 4 members (excludes halogenated alkanes) is 2. The quantitative estimate of drug-likeness (QED) is 0.441. The van der Waals surface area contributed by atoms with Gasteiger partial charge in [-0.05, 0) is 19.8 Å². The first kappa shape index (κ1) is 16.2. The molecular weight excluding hydrogens is 235 g/mol. The van der Waals surface area contributed by atoms with E-state index in [1.54, 1.807) is 0 Å². The Balaban J connectivity index is 0.000000437. The first-order chi connectivity index (χ1) is 7.84. The van der Waals surface area contributed by atoms with E-state index in [1.807, 2.05) is 12.5 Å². The molecular formula is C10H19BF4N2. The number of quaternary nitrogens is 1. The zero-order valence-corrected chi connectivity index (χ0v) is 10.2. The molecule has 2 atom stereocenters. The Morgan fingerprint density at radius 3 is 2.24 bits per heavy atom. The predicted molar refractivity (Wildman–Crippen MR) is 62.4 cm³/mol. The van der Waals surface area contributed by atoms with E-state index in [0.29, 0.717) is 6.04 Å². The molecule has 100 valence electrons. The van der Waals surface area contributed by atoms with Crippen molar-refractivity contribution in [3.8, 4) is 0 Å². The maximum Gasteiger partial charge on any atom is 0.673 e. The summed E-state index contributed by atoms with van der Waals surface area (Å²) in [5.41, 5.74) is 0. The number of rotatable bonds is 5. The molecule has 1 N–H and O–H groups in total. The lowest BCUT2D eigenvalue weighted by Gasteiger charge is -2.14. The van der Waals surface area contributed by atoms with Crippen molar-refractivity contribution in [3.63, 3.8) is 0 Å². The minimum absolute atomic E-state index is 0.694. The van der Waals surface area contributed by atoms with Crippen LogP contribution in [0, 0.1) is 0 Å². The van der Waals surface area contributed by atoms with Gasteiger partial charge in [0, 0.05) is 0 Å². The van der Waals surface area contributed by atoms with Crippen molar-refractivity contribution in [2.24, 2.45) is 4.99 Å². The van der Waals surface area contributed by atoms with Crippen LogP contribution in [0.5, 0.6) is 0 Å². The van der Waals surface area contributed by atoms with Crippen LogP contribution in [0.3, 0.4) is 0 Å². The van der Waals surface area contributed by atoms with Crippen molar-refractivity contribution < 1.29 is 22.2 Å². The lowest BCUT2D eigenvalue weighted by atomic mass is 10.1. The van der Waals surface area contributed by atoms with E-state index >= 15 is 0 Å². The fraction of sp³-hybridized carbons (Fsp3) is 0.700. The molecule has 0 radical (unpaired) electrons. The molecule has 0 saturated heterocycles. The predicted octanol–water partition coefficient (Wildman–Crippen LogP) is 2.65.